The summed E-state index contributed by atoms with van der Waals surface area (Å²) in [6, 6.07) is 7.24. The molecular formula is C19H29N3O5. The fraction of sp³-hybridized carbons (Fsp3) is 0.526. The number of rotatable bonds is 11. The van der Waals surface area contributed by atoms with Crippen LogP contribution < -0.4 is 16.4 Å². The highest BCUT2D eigenvalue weighted by Crippen LogP contribution is 2.07. The lowest BCUT2D eigenvalue weighted by atomic mass is 10.0. The van der Waals surface area contributed by atoms with Gasteiger partial charge in [-0.1, -0.05) is 44.2 Å². The van der Waals surface area contributed by atoms with Gasteiger partial charge in [0.05, 0.1) is 0 Å². The molecule has 0 unspecified atom stereocenters. The van der Waals surface area contributed by atoms with Crippen molar-refractivity contribution in [3.05, 3.63) is 35.9 Å². The molecule has 2 atom stereocenters. The van der Waals surface area contributed by atoms with E-state index in [2.05, 4.69) is 10.6 Å². The van der Waals surface area contributed by atoms with Crippen LogP contribution in [-0.4, -0.2) is 41.7 Å². The van der Waals surface area contributed by atoms with Gasteiger partial charge in [0.2, 0.25) is 5.91 Å². The van der Waals surface area contributed by atoms with Crippen molar-refractivity contribution in [3.8, 4) is 0 Å². The van der Waals surface area contributed by atoms with Crippen LogP contribution in [0.5, 0.6) is 0 Å². The molecule has 27 heavy (non-hydrogen) atoms. The summed E-state index contributed by atoms with van der Waals surface area (Å²) in [5, 5.41) is 14.3. The van der Waals surface area contributed by atoms with Crippen molar-refractivity contribution in [1.29, 1.82) is 0 Å². The van der Waals surface area contributed by atoms with E-state index < -0.39 is 30.1 Å². The Hall–Kier alpha value is -2.61. The Balaban J connectivity index is 2.60. The Morgan fingerprint density at radius 2 is 1.78 bits per heavy atom. The lowest BCUT2D eigenvalue weighted by Crippen LogP contribution is -2.53. The molecule has 0 aliphatic rings. The number of carboxylic acid groups (broad SMARTS) is 1. The van der Waals surface area contributed by atoms with Gasteiger partial charge >= 0.3 is 12.1 Å². The minimum atomic E-state index is -1.12. The molecule has 150 valence electrons. The van der Waals surface area contributed by atoms with E-state index in [1.54, 1.807) is 13.8 Å². The van der Waals surface area contributed by atoms with Crippen LogP contribution in [-0.2, 0) is 20.9 Å². The number of carbonyl (C=O) groups is 3. The number of nitrogens with two attached hydrogens (primary N) is 1. The summed E-state index contributed by atoms with van der Waals surface area (Å²) in [5.74, 6) is -1.91. The molecule has 0 bridgehead atoms. The Bertz CT molecular complexity index is 607. The quantitative estimate of drug-likeness (QED) is 0.432. The summed E-state index contributed by atoms with van der Waals surface area (Å²) in [5.41, 5.74) is 6.23. The zero-order chi connectivity index (χ0) is 20.2. The molecular weight excluding hydrogens is 350 g/mol. The first-order chi connectivity index (χ1) is 12.8. The summed E-state index contributed by atoms with van der Waals surface area (Å²) in [6.07, 6.45) is 0.814. The van der Waals surface area contributed by atoms with E-state index in [9.17, 15) is 19.5 Å². The first-order valence-electron chi connectivity index (χ1n) is 9.05. The molecule has 1 rings (SSSR count). The molecule has 1 aromatic carbocycles. The largest absolute Gasteiger partial charge is 0.480 e. The van der Waals surface area contributed by atoms with Crippen molar-refractivity contribution in [2.24, 2.45) is 11.7 Å². The van der Waals surface area contributed by atoms with Gasteiger partial charge in [0.25, 0.3) is 0 Å². The molecule has 0 aliphatic carbocycles. The molecule has 0 saturated carbocycles. The highest BCUT2D eigenvalue weighted by atomic mass is 16.5. The van der Waals surface area contributed by atoms with Gasteiger partial charge in [-0.3, -0.25) is 4.79 Å². The number of carbonyl (C=O) groups excluding carboxylic acids is 2. The normalized spacial score (nSPS) is 12.9. The molecule has 8 heteroatoms. The number of amides is 2. The van der Waals surface area contributed by atoms with Crippen molar-refractivity contribution in [2.75, 3.05) is 6.54 Å². The molecule has 0 aliphatic heterocycles. The van der Waals surface area contributed by atoms with E-state index in [1.807, 2.05) is 30.3 Å². The van der Waals surface area contributed by atoms with Gasteiger partial charge < -0.3 is 26.2 Å². The molecule has 5 N–H and O–H groups in total. The molecule has 0 spiro atoms. The van der Waals surface area contributed by atoms with Crippen LogP contribution in [0.3, 0.4) is 0 Å². The first kappa shape index (κ1) is 22.4. The van der Waals surface area contributed by atoms with Crippen molar-refractivity contribution < 1.29 is 24.2 Å². The second-order valence-electron chi connectivity index (χ2n) is 6.61. The number of carboxylic acids is 1. The van der Waals surface area contributed by atoms with Crippen LogP contribution >= 0.6 is 0 Å². The molecule has 8 nitrogen and oxygen atoms in total. The van der Waals surface area contributed by atoms with Crippen molar-refractivity contribution >= 4 is 18.0 Å². The maximum Gasteiger partial charge on any atom is 0.408 e. The SMILES string of the molecule is CC(C)[C@H](NC(=O)OCc1ccccc1)C(=O)N[C@@H](CCCCN)C(=O)O. The van der Waals surface area contributed by atoms with Crippen LogP contribution in [0.15, 0.2) is 30.3 Å². The first-order valence-corrected chi connectivity index (χ1v) is 9.05. The van der Waals surface area contributed by atoms with E-state index in [0.29, 0.717) is 19.4 Å². The van der Waals surface area contributed by atoms with E-state index in [1.165, 1.54) is 0 Å². The monoisotopic (exact) mass is 379 g/mol. The third-order valence-corrected chi connectivity index (χ3v) is 4.00. The van der Waals surface area contributed by atoms with Gasteiger partial charge in [-0.15, -0.1) is 0 Å². The lowest BCUT2D eigenvalue weighted by molar-refractivity contribution is -0.142. The third kappa shape index (κ3) is 8.54. The Morgan fingerprint density at radius 3 is 2.33 bits per heavy atom. The summed E-state index contributed by atoms with van der Waals surface area (Å²) in [4.78, 5) is 35.8. The topological polar surface area (TPSA) is 131 Å². The van der Waals surface area contributed by atoms with E-state index in [4.69, 9.17) is 10.5 Å². The van der Waals surface area contributed by atoms with Crippen LogP contribution in [0.4, 0.5) is 4.79 Å². The summed E-state index contributed by atoms with van der Waals surface area (Å²) >= 11 is 0. The molecule has 0 fully saturated rings. The molecule has 0 saturated heterocycles. The standard InChI is InChI=1S/C19H29N3O5/c1-13(2)16(17(23)21-15(18(24)25)10-6-7-11-20)22-19(26)27-12-14-8-4-3-5-9-14/h3-5,8-9,13,15-16H,6-7,10-12,20H2,1-2H3,(H,21,23)(H,22,26)(H,24,25)/t15-,16-/m0/s1. The summed E-state index contributed by atoms with van der Waals surface area (Å²) < 4.78 is 5.13. The number of aliphatic carboxylic acids is 1. The van der Waals surface area contributed by atoms with Crippen LogP contribution in [0.2, 0.25) is 0 Å². The highest BCUT2D eigenvalue weighted by Gasteiger charge is 2.28. The zero-order valence-electron chi connectivity index (χ0n) is 15.8. The molecule has 0 aromatic heterocycles. The van der Waals surface area contributed by atoms with E-state index >= 15 is 0 Å². The van der Waals surface area contributed by atoms with Gasteiger partial charge in [-0.2, -0.15) is 0 Å². The maximum atomic E-state index is 12.5. The molecule has 0 radical (unpaired) electrons. The van der Waals surface area contributed by atoms with Crippen LogP contribution in [0, 0.1) is 5.92 Å². The Labute approximate surface area is 159 Å². The van der Waals surface area contributed by atoms with Gasteiger partial charge in [0.15, 0.2) is 0 Å². The number of benzene rings is 1. The molecule has 1 aromatic rings. The van der Waals surface area contributed by atoms with Gasteiger partial charge in [0.1, 0.15) is 18.7 Å². The molecule has 0 heterocycles. The van der Waals surface area contributed by atoms with Crippen molar-refractivity contribution in [3.63, 3.8) is 0 Å². The summed E-state index contributed by atoms with van der Waals surface area (Å²) in [6.45, 7) is 4.05. The van der Waals surface area contributed by atoms with Crippen molar-refractivity contribution in [1.82, 2.24) is 10.6 Å². The van der Waals surface area contributed by atoms with Gasteiger partial charge in [-0.05, 0) is 37.3 Å². The van der Waals surface area contributed by atoms with Gasteiger partial charge in [0, 0.05) is 0 Å². The predicted octanol–water partition coefficient (Wildman–Crippen LogP) is 1.64. The van der Waals surface area contributed by atoms with Crippen molar-refractivity contribution in [2.45, 2.75) is 51.8 Å². The minimum absolute atomic E-state index is 0.0793. The number of ether oxygens (including phenoxy) is 1. The maximum absolute atomic E-state index is 12.5. The second-order valence-corrected chi connectivity index (χ2v) is 6.61. The summed E-state index contributed by atoms with van der Waals surface area (Å²) in [7, 11) is 0. The van der Waals surface area contributed by atoms with E-state index in [0.717, 1.165) is 5.56 Å². The molecule has 2 amide bonds. The average Bonchev–Trinajstić information content (AvgIpc) is 2.64. The lowest BCUT2D eigenvalue weighted by Gasteiger charge is -2.23. The Morgan fingerprint density at radius 1 is 1.11 bits per heavy atom. The zero-order valence-corrected chi connectivity index (χ0v) is 15.8. The van der Waals surface area contributed by atoms with E-state index in [-0.39, 0.29) is 18.9 Å². The van der Waals surface area contributed by atoms with Gasteiger partial charge in [-0.25, -0.2) is 9.59 Å². The fourth-order valence-corrected chi connectivity index (χ4v) is 2.44. The van der Waals surface area contributed by atoms with Crippen LogP contribution in [0.1, 0.15) is 38.7 Å². The fourth-order valence-electron chi connectivity index (χ4n) is 2.44. The highest BCUT2D eigenvalue weighted by molar-refractivity contribution is 5.89. The number of hydrogen-bond donors (Lipinski definition) is 4. The Kier molecular flexibility index (Phi) is 9.89. The number of unbranched alkanes of at least 4 members (excludes halogenated alkanes) is 1. The number of alkyl carbamates (subject to hydrolysis) is 1. The minimum Gasteiger partial charge on any atom is -0.480 e. The number of hydrogen-bond acceptors (Lipinski definition) is 5. The second kappa shape index (κ2) is 11.9. The van der Waals surface area contributed by atoms with Crippen LogP contribution in [0.25, 0.3) is 0 Å². The predicted molar refractivity (Wildman–Crippen MR) is 101 cm³/mol. The smallest absolute Gasteiger partial charge is 0.408 e. The number of nitrogens with one attached hydrogen (secondary N) is 2. The average molecular weight is 379 g/mol. The third-order valence-electron chi connectivity index (χ3n) is 4.00.